The van der Waals surface area contributed by atoms with Gasteiger partial charge in [0.2, 0.25) is 0 Å². The zero-order valence-electron chi connectivity index (χ0n) is 10.1. The van der Waals surface area contributed by atoms with Crippen LogP contribution in [0.4, 0.5) is 0 Å². The first-order chi connectivity index (χ1) is 8.25. The van der Waals surface area contributed by atoms with Crippen LogP contribution in [0.5, 0.6) is 0 Å². The van der Waals surface area contributed by atoms with Gasteiger partial charge < -0.3 is 5.11 Å². The predicted molar refractivity (Wildman–Crippen MR) is 67.8 cm³/mol. The first kappa shape index (κ1) is 10.8. The van der Waals surface area contributed by atoms with Gasteiger partial charge in [0.1, 0.15) is 0 Å². The van der Waals surface area contributed by atoms with E-state index in [0.717, 1.165) is 23.7 Å². The molecular formula is C14H18N2O. The SMILES string of the molecule is C[C@H]1CC[C@@H](n2ncc3ccccc32)C(O)C1. The molecule has 90 valence electrons. The number of aromatic nitrogens is 2. The van der Waals surface area contributed by atoms with Crippen molar-refractivity contribution >= 4 is 10.9 Å². The van der Waals surface area contributed by atoms with Gasteiger partial charge in [-0.2, -0.15) is 5.10 Å². The lowest BCUT2D eigenvalue weighted by Crippen LogP contribution is -2.31. The van der Waals surface area contributed by atoms with Crippen molar-refractivity contribution in [2.75, 3.05) is 0 Å². The number of benzene rings is 1. The molecule has 3 atom stereocenters. The van der Waals surface area contributed by atoms with Crippen LogP contribution in [-0.2, 0) is 0 Å². The summed E-state index contributed by atoms with van der Waals surface area (Å²) in [6.07, 6.45) is 4.71. The second-order valence-corrected chi connectivity index (χ2v) is 5.20. The largest absolute Gasteiger partial charge is 0.391 e. The maximum absolute atomic E-state index is 10.2. The van der Waals surface area contributed by atoms with Gasteiger partial charge in [0.25, 0.3) is 0 Å². The lowest BCUT2D eigenvalue weighted by molar-refractivity contribution is 0.0511. The maximum Gasteiger partial charge on any atom is 0.0785 e. The van der Waals surface area contributed by atoms with Gasteiger partial charge in [-0.05, 0) is 31.2 Å². The Balaban J connectivity index is 1.98. The lowest BCUT2D eigenvalue weighted by atomic mass is 9.85. The third-order valence-electron chi connectivity index (χ3n) is 3.86. The lowest BCUT2D eigenvalue weighted by Gasteiger charge is -2.31. The van der Waals surface area contributed by atoms with Crippen molar-refractivity contribution in [2.45, 2.75) is 38.3 Å². The average Bonchev–Trinajstić information content (AvgIpc) is 2.73. The topological polar surface area (TPSA) is 38.0 Å². The summed E-state index contributed by atoms with van der Waals surface area (Å²) in [5, 5.41) is 15.8. The summed E-state index contributed by atoms with van der Waals surface area (Å²) in [5.41, 5.74) is 1.13. The van der Waals surface area contributed by atoms with Gasteiger partial charge in [-0.1, -0.05) is 25.1 Å². The van der Waals surface area contributed by atoms with E-state index in [1.54, 1.807) is 0 Å². The van der Waals surface area contributed by atoms with Crippen LogP contribution in [0, 0.1) is 5.92 Å². The van der Waals surface area contributed by atoms with Crippen molar-refractivity contribution in [1.29, 1.82) is 0 Å². The number of fused-ring (bicyclic) bond motifs is 1. The summed E-state index contributed by atoms with van der Waals surface area (Å²) in [4.78, 5) is 0. The molecule has 0 radical (unpaired) electrons. The van der Waals surface area contributed by atoms with Gasteiger partial charge in [0, 0.05) is 5.39 Å². The van der Waals surface area contributed by atoms with Crippen molar-refractivity contribution in [1.82, 2.24) is 9.78 Å². The van der Waals surface area contributed by atoms with Crippen LogP contribution in [0.2, 0.25) is 0 Å². The minimum absolute atomic E-state index is 0.145. The fraction of sp³-hybridized carbons (Fsp3) is 0.500. The fourth-order valence-corrected chi connectivity index (χ4v) is 2.88. The Morgan fingerprint density at radius 3 is 2.94 bits per heavy atom. The molecule has 17 heavy (non-hydrogen) atoms. The Kier molecular flexibility index (Phi) is 2.63. The number of rotatable bonds is 1. The van der Waals surface area contributed by atoms with Crippen molar-refractivity contribution in [3.63, 3.8) is 0 Å². The van der Waals surface area contributed by atoms with Crippen molar-refractivity contribution < 1.29 is 5.11 Å². The van der Waals surface area contributed by atoms with Crippen LogP contribution in [0.25, 0.3) is 10.9 Å². The molecule has 1 heterocycles. The zero-order valence-corrected chi connectivity index (χ0v) is 10.1. The van der Waals surface area contributed by atoms with E-state index in [-0.39, 0.29) is 12.1 Å². The third-order valence-corrected chi connectivity index (χ3v) is 3.86. The number of nitrogens with zero attached hydrogens (tertiary/aromatic N) is 2. The number of hydrogen-bond donors (Lipinski definition) is 1. The van der Waals surface area contributed by atoms with E-state index in [1.807, 2.05) is 23.0 Å². The minimum Gasteiger partial charge on any atom is -0.391 e. The molecule has 0 spiro atoms. The molecule has 0 amide bonds. The molecule has 0 bridgehead atoms. The van der Waals surface area contributed by atoms with Crippen LogP contribution in [0.15, 0.2) is 30.5 Å². The molecule has 2 aromatic rings. The van der Waals surface area contributed by atoms with E-state index in [1.165, 1.54) is 6.42 Å². The van der Waals surface area contributed by atoms with E-state index in [2.05, 4.69) is 24.2 Å². The Hall–Kier alpha value is -1.35. The smallest absolute Gasteiger partial charge is 0.0785 e. The van der Waals surface area contributed by atoms with Gasteiger partial charge in [-0.25, -0.2) is 0 Å². The van der Waals surface area contributed by atoms with Gasteiger partial charge in [-0.3, -0.25) is 4.68 Å². The molecule has 1 fully saturated rings. The van der Waals surface area contributed by atoms with E-state index >= 15 is 0 Å². The number of hydrogen-bond acceptors (Lipinski definition) is 2. The third kappa shape index (κ3) is 1.84. The van der Waals surface area contributed by atoms with Crippen molar-refractivity contribution in [3.05, 3.63) is 30.5 Å². The molecule has 0 saturated heterocycles. The number of aliphatic hydroxyl groups is 1. The molecule has 3 heteroatoms. The average molecular weight is 230 g/mol. The quantitative estimate of drug-likeness (QED) is 0.818. The fourth-order valence-electron chi connectivity index (χ4n) is 2.88. The van der Waals surface area contributed by atoms with Crippen LogP contribution < -0.4 is 0 Å². The van der Waals surface area contributed by atoms with Gasteiger partial charge >= 0.3 is 0 Å². The highest BCUT2D eigenvalue weighted by Gasteiger charge is 2.29. The first-order valence-electron chi connectivity index (χ1n) is 6.36. The van der Waals surface area contributed by atoms with Crippen LogP contribution in [-0.4, -0.2) is 21.0 Å². The second kappa shape index (κ2) is 4.15. The molecule has 1 saturated carbocycles. The van der Waals surface area contributed by atoms with E-state index in [4.69, 9.17) is 0 Å². The summed E-state index contributed by atoms with van der Waals surface area (Å²) in [5.74, 6) is 0.628. The molecule has 1 aromatic heterocycles. The standard InChI is InChI=1S/C14H18N2O/c1-10-6-7-13(14(17)8-10)16-12-5-3-2-4-11(12)9-15-16/h2-5,9-10,13-14,17H,6-8H2,1H3/t10-,13+,14?/m0/s1. The first-order valence-corrected chi connectivity index (χ1v) is 6.36. The molecule has 1 aromatic carbocycles. The summed E-state index contributed by atoms with van der Waals surface area (Å²) in [6, 6.07) is 8.33. The molecule has 0 aliphatic heterocycles. The zero-order chi connectivity index (χ0) is 11.8. The minimum atomic E-state index is -0.262. The summed E-state index contributed by atoms with van der Waals surface area (Å²) in [6.45, 7) is 2.21. The van der Waals surface area contributed by atoms with Crippen LogP contribution >= 0.6 is 0 Å². The highest BCUT2D eigenvalue weighted by atomic mass is 16.3. The maximum atomic E-state index is 10.2. The molecule has 1 aliphatic carbocycles. The molecule has 3 nitrogen and oxygen atoms in total. The predicted octanol–water partition coefficient (Wildman–Crippen LogP) is 2.76. The normalized spacial score (nSPS) is 29.6. The highest BCUT2D eigenvalue weighted by molar-refractivity contribution is 5.78. The Labute approximate surface area is 101 Å². The molecule has 3 rings (SSSR count). The molecule has 1 N–H and O–H groups in total. The van der Waals surface area contributed by atoms with Crippen LogP contribution in [0.1, 0.15) is 32.2 Å². The molecule has 1 aliphatic rings. The molecular weight excluding hydrogens is 212 g/mol. The van der Waals surface area contributed by atoms with Gasteiger partial charge in [-0.15, -0.1) is 0 Å². The van der Waals surface area contributed by atoms with E-state index in [9.17, 15) is 5.11 Å². The van der Waals surface area contributed by atoms with Crippen molar-refractivity contribution in [3.8, 4) is 0 Å². The number of aliphatic hydroxyl groups excluding tert-OH is 1. The summed E-state index contributed by atoms with van der Waals surface area (Å²) < 4.78 is 2.01. The summed E-state index contributed by atoms with van der Waals surface area (Å²) >= 11 is 0. The Morgan fingerprint density at radius 1 is 1.29 bits per heavy atom. The highest BCUT2D eigenvalue weighted by Crippen LogP contribution is 2.33. The second-order valence-electron chi connectivity index (χ2n) is 5.20. The number of para-hydroxylation sites is 1. The van der Waals surface area contributed by atoms with Gasteiger partial charge in [0.15, 0.2) is 0 Å². The molecule has 1 unspecified atom stereocenters. The van der Waals surface area contributed by atoms with Crippen LogP contribution in [0.3, 0.4) is 0 Å². The summed E-state index contributed by atoms with van der Waals surface area (Å²) in [7, 11) is 0. The monoisotopic (exact) mass is 230 g/mol. The van der Waals surface area contributed by atoms with Gasteiger partial charge in [0.05, 0.1) is 23.9 Å². The Morgan fingerprint density at radius 2 is 2.12 bits per heavy atom. The van der Waals surface area contributed by atoms with E-state index in [0.29, 0.717) is 5.92 Å². The van der Waals surface area contributed by atoms with Crippen molar-refractivity contribution in [2.24, 2.45) is 5.92 Å². The van der Waals surface area contributed by atoms with E-state index < -0.39 is 0 Å². The Bertz CT molecular complexity index is 520.